The summed E-state index contributed by atoms with van der Waals surface area (Å²) in [6, 6.07) is 3.96. The molecule has 0 aromatic heterocycles. The highest BCUT2D eigenvalue weighted by Crippen LogP contribution is 2.30. The van der Waals surface area contributed by atoms with Crippen LogP contribution >= 0.6 is 0 Å². The summed E-state index contributed by atoms with van der Waals surface area (Å²) in [6.07, 6.45) is -2.60. The third-order valence-electron chi connectivity index (χ3n) is 2.96. The number of rotatable bonds is 3. The fourth-order valence-corrected chi connectivity index (χ4v) is 1.96. The Bertz CT molecular complexity index is 471. The minimum absolute atomic E-state index is 0.0118. The van der Waals surface area contributed by atoms with Crippen LogP contribution in [-0.2, 0) is 10.9 Å². The zero-order valence-corrected chi connectivity index (χ0v) is 10.7. The van der Waals surface area contributed by atoms with Gasteiger partial charge in [-0.2, -0.15) is 13.2 Å². The van der Waals surface area contributed by atoms with Crippen molar-refractivity contribution >= 4 is 11.7 Å². The second kappa shape index (κ2) is 6.13. The predicted octanol–water partition coefficient (Wildman–Crippen LogP) is 3.01. The number of alkyl halides is 3. The van der Waals surface area contributed by atoms with Crippen molar-refractivity contribution in [3.05, 3.63) is 29.8 Å². The van der Waals surface area contributed by atoms with E-state index in [1.165, 1.54) is 12.1 Å². The normalized spacial score (nSPS) is 18.9. The summed E-state index contributed by atoms with van der Waals surface area (Å²) in [5.41, 5.74) is -0.695. The summed E-state index contributed by atoms with van der Waals surface area (Å²) >= 11 is 0. The van der Waals surface area contributed by atoms with Crippen LogP contribution in [0.25, 0.3) is 0 Å². The first-order valence-corrected chi connectivity index (χ1v) is 6.29. The lowest BCUT2D eigenvalue weighted by Crippen LogP contribution is -2.35. The molecule has 0 aliphatic carbocycles. The number of ether oxygens (including phenoxy) is 1. The summed E-state index contributed by atoms with van der Waals surface area (Å²) in [6.45, 7) is 1.03. The molecule has 2 N–H and O–H groups in total. The zero-order chi connectivity index (χ0) is 14.6. The molecule has 1 fully saturated rings. The summed E-state index contributed by atoms with van der Waals surface area (Å²) in [5, 5.41) is 4.95. The number of anilines is 1. The van der Waals surface area contributed by atoms with Gasteiger partial charge in [0.25, 0.3) is 0 Å². The van der Waals surface area contributed by atoms with E-state index < -0.39 is 17.8 Å². The van der Waals surface area contributed by atoms with Crippen molar-refractivity contribution < 1.29 is 22.7 Å². The number of hydrogen-bond donors (Lipinski definition) is 2. The molecule has 1 aromatic carbocycles. The zero-order valence-electron chi connectivity index (χ0n) is 10.7. The number of halogens is 3. The van der Waals surface area contributed by atoms with Crippen molar-refractivity contribution in [2.75, 3.05) is 18.5 Å². The molecule has 1 atom stereocenters. The van der Waals surface area contributed by atoms with Gasteiger partial charge in [-0.3, -0.25) is 0 Å². The molecule has 7 heteroatoms. The van der Waals surface area contributed by atoms with Crippen molar-refractivity contribution in [3.8, 4) is 0 Å². The summed E-state index contributed by atoms with van der Waals surface area (Å²) in [4.78, 5) is 11.6. The van der Waals surface area contributed by atoms with Gasteiger partial charge < -0.3 is 15.4 Å². The lowest BCUT2D eigenvalue weighted by Gasteiger charge is -2.13. The van der Waals surface area contributed by atoms with Crippen LogP contribution in [0, 0.1) is 0 Å². The van der Waals surface area contributed by atoms with Crippen LogP contribution in [0.5, 0.6) is 0 Å². The first-order chi connectivity index (χ1) is 9.45. The lowest BCUT2D eigenvalue weighted by atomic mass is 10.2. The third kappa shape index (κ3) is 4.12. The molecule has 1 aliphatic rings. The van der Waals surface area contributed by atoms with E-state index in [0.29, 0.717) is 13.2 Å². The van der Waals surface area contributed by atoms with Crippen molar-refractivity contribution in [2.24, 2.45) is 0 Å². The van der Waals surface area contributed by atoms with Gasteiger partial charge in [-0.25, -0.2) is 4.79 Å². The van der Waals surface area contributed by atoms with Gasteiger partial charge in [0, 0.05) is 18.8 Å². The Morgan fingerprint density at radius 1 is 1.40 bits per heavy atom. The number of benzene rings is 1. The third-order valence-corrected chi connectivity index (χ3v) is 2.96. The van der Waals surface area contributed by atoms with Crippen LogP contribution in [0.3, 0.4) is 0 Å². The second-order valence-electron chi connectivity index (χ2n) is 4.55. The maximum absolute atomic E-state index is 12.5. The number of urea groups is 1. The van der Waals surface area contributed by atoms with Gasteiger partial charge in [-0.1, -0.05) is 6.07 Å². The van der Waals surface area contributed by atoms with E-state index in [-0.39, 0.29) is 11.8 Å². The van der Waals surface area contributed by atoms with E-state index in [1.807, 2.05) is 0 Å². The highest BCUT2D eigenvalue weighted by molar-refractivity contribution is 5.89. The fourth-order valence-electron chi connectivity index (χ4n) is 1.96. The highest BCUT2D eigenvalue weighted by atomic mass is 19.4. The van der Waals surface area contributed by atoms with Crippen LogP contribution in [0.1, 0.15) is 18.4 Å². The van der Waals surface area contributed by atoms with Gasteiger partial charge in [0.15, 0.2) is 0 Å². The first kappa shape index (κ1) is 14.6. The maximum atomic E-state index is 12.5. The monoisotopic (exact) mass is 288 g/mol. The Labute approximate surface area is 114 Å². The number of nitrogens with one attached hydrogen (secondary N) is 2. The van der Waals surface area contributed by atoms with Gasteiger partial charge in [-0.15, -0.1) is 0 Å². The predicted molar refractivity (Wildman–Crippen MR) is 67.4 cm³/mol. The number of carbonyl (C=O) groups excluding carboxylic acids is 1. The molecular weight excluding hydrogens is 273 g/mol. The average molecular weight is 288 g/mol. The van der Waals surface area contributed by atoms with E-state index >= 15 is 0 Å². The van der Waals surface area contributed by atoms with E-state index in [0.717, 1.165) is 25.0 Å². The van der Waals surface area contributed by atoms with Crippen LogP contribution in [0.2, 0.25) is 0 Å². The molecule has 2 rings (SSSR count). The lowest BCUT2D eigenvalue weighted by molar-refractivity contribution is -0.137. The minimum atomic E-state index is -4.42. The van der Waals surface area contributed by atoms with Crippen molar-refractivity contribution in [1.29, 1.82) is 0 Å². The molecule has 2 amide bonds. The van der Waals surface area contributed by atoms with Crippen LogP contribution < -0.4 is 10.6 Å². The Morgan fingerprint density at radius 3 is 2.85 bits per heavy atom. The molecule has 110 valence electrons. The van der Waals surface area contributed by atoms with Gasteiger partial charge in [0.05, 0.1) is 11.7 Å². The molecule has 4 nitrogen and oxygen atoms in total. The van der Waals surface area contributed by atoms with E-state index in [4.69, 9.17) is 4.74 Å². The molecule has 0 bridgehead atoms. The van der Waals surface area contributed by atoms with E-state index in [1.54, 1.807) is 0 Å². The van der Waals surface area contributed by atoms with Gasteiger partial charge >= 0.3 is 12.2 Å². The highest BCUT2D eigenvalue weighted by Gasteiger charge is 2.30. The Kier molecular flexibility index (Phi) is 4.49. The van der Waals surface area contributed by atoms with Gasteiger partial charge in [-0.05, 0) is 31.0 Å². The molecule has 1 heterocycles. The number of hydrogen-bond acceptors (Lipinski definition) is 2. The van der Waals surface area contributed by atoms with E-state index in [9.17, 15) is 18.0 Å². The molecule has 20 heavy (non-hydrogen) atoms. The minimum Gasteiger partial charge on any atom is -0.376 e. The molecule has 0 saturated carbocycles. The van der Waals surface area contributed by atoms with Crippen molar-refractivity contribution in [3.63, 3.8) is 0 Å². The number of amides is 2. The number of carbonyl (C=O) groups is 1. The Morgan fingerprint density at radius 2 is 2.20 bits per heavy atom. The largest absolute Gasteiger partial charge is 0.416 e. The smallest absolute Gasteiger partial charge is 0.376 e. The topological polar surface area (TPSA) is 50.4 Å². The molecule has 0 radical (unpaired) electrons. The second-order valence-corrected chi connectivity index (χ2v) is 4.55. The average Bonchev–Trinajstić information content (AvgIpc) is 2.89. The quantitative estimate of drug-likeness (QED) is 0.898. The molecule has 1 saturated heterocycles. The SMILES string of the molecule is O=C(NCC1CCCO1)Nc1cccc(C(F)(F)F)c1. The molecule has 0 spiro atoms. The summed E-state index contributed by atoms with van der Waals surface area (Å²) in [7, 11) is 0. The van der Waals surface area contributed by atoms with Crippen molar-refractivity contribution in [2.45, 2.75) is 25.1 Å². The van der Waals surface area contributed by atoms with Crippen LogP contribution in [0.4, 0.5) is 23.7 Å². The van der Waals surface area contributed by atoms with Crippen LogP contribution in [-0.4, -0.2) is 25.3 Å². The first-order valence-electron chi connectivity index (χ1n) is 6.29. The molecule has 1 unspecified atom stereocenters. The molecule has 1 aliphatic heterocycles. The van der Waals surface area contributed by atoms with E-state index in [2.05, 4.69) is 10.6 Å². The standard InChI is InChI=1S/C13H15F3N2O2/c14-13(15,16)9-3-1-4-10(7-9)18-12(19)17-8-11-5-2-6-20-11/h1,3-4,7,11H,2,5-6,8H2,(H2,17,18,19). The summed E-state index contributed by atoms with van der Waals surface area (Å²) < 4.78 is 42.9. The van der Waals surface area contributed by atoms with Crippen LogP contribution in [0.15, 0.2) is 24.3 Å². The molecule has 1 aromatic rings. The van der Waals surface area contributed by atoms with Gasteiger partial charge in [0.1, 0.15) is 0 Å². The van der Waals surface area contributed by atoms with Crippen molar-refractivity contribution in [1.82, 2.24) is 5.32 Å². The van der Waals surface area contributed by atoms with Gasteiger partial charge in [0.2, 0.25) is 0 Å². The Balaban J connectivity index is 1.87. The fraction of sp³-hybridized carbons (Fsp3) is 0.462. The summed E-state index contributed by atoms with van der Waals surface area (Å²) in [5.74, 6) is 0. The Hall–Kier alpha value is -1.76. The maximum Gasteiger partial charge on any atom is 0.416 e. The molecular formula is C13H15F3N2O2.